The first kappa shape index (κ1) is 54.5. The molecule has 6 aliphatic carbocycles. The Morgan fingerprint density at radius 1 is 0.387 bits per heavy atom. The summed E-state index contributed by atoms with van der Waals surface area (Å²) >= 11 is 0. The molecular formula is C86H65N7. The zero-order valence-corrected chi connectivity index (χ0v) is 51.7. The maximum atomic E-state index is 13.2. The van der Waals surface area contributed by atoms with Crippen LogP contribution in [0.3, 0.4) is 0 Å². The van der Waals surface area contributed by atoms with Crippen LogP contribution in [0.25, 0.3) is 107 Å². The second-order valence-corrected chi connectivity index (χ2v) is 25.6. The van der Waals surface area contributed by atoms with E-state index in [-0.39, 0.29) is 11.8 Å². The second kappa shape index (κ2) is 22.2. The number of nitrogens with zero attached hydrogens (tertiary/aromatic N) is 6. The Morgan fingerprint density at radius 3 is 1.57 bits per heavy atom. The summed E-state index contributed by atoms with van der Waals surface area (Å²) in [7, 11) is 0. The zero-order chi connectivity index (χ0) is 61.7. The van der Waals surface area contributed by atoms with Gasteiger partial charge in [-0.2, -0.15) is 10.5 Å². The Hall–Kier alpha value is -11.4. The molecule has 444 valence electrons. The van der Waals surface area contributed by atoms with Gasteiger partial charge in [0.2, 0.25) is 0 Å². The highest BCUT2D eigenvalue weighted by Gasteiger charge is 2.38. The molecule has 1 N–H and O–H groups in total. The van der Waals surface area contributed by atoms with Crippen molar-refractivity contribution in [2.75, 3.05) is 5.32 Å². The molecule has 0 radical (unpaired) electrons. The molecule has 0 fully saturated rings. The molecule has 18 rings (SSSR count). The van der Waals surface area contributed by atoms with Crippen molar-refractivity contribution in [2.45, 2.75) is 70.1 Å². The van der Waals surface area contributed by atoms with Crippen molar-refractivity contribution in [2.24, 2.45) is 5.92 Å². The molecule has 2 unspecified atom stereocenters. The van der Waals surface area contributed by atoms with E-state index in [4.69, 9.17) is 0 Å². The largest absolute Gasteiger partial charge is 0.355 e. The summed E-state index contributed by atoms with van der Waals surface area (Å²) in [6.45, 7) is 0. The van der Waals surface area contributed by atoms with E-state index in [0.29, 0.717) is 33.9 Å². The maximum absolute atomic E-state index is 13.2. The molecule has 93 heavy (non-hydrogen) atoms. The molecular weight excluding hydrogens is 1130 g/mol. The van der Waals surface area contributed by atoms with Gasteiger partial charge in [0, 0.05) is 72.8 Å². The third kappa shape index (κ3) is 8.68. The lowest BCUT2D eigenvalue weighted by Crippen LogP contribution is -2.19. The van der Waals surface area contributed by atoms with Crippen molar-refractivity contribution in [1.82, 2.24) is 18.3 Å². The number of benzene rings is 8. The molecule has 0 aliphatic heterocycles. The highest BCUT2D eigenvalue weighted by molar-refractivity contribution is 6.12. The molecule has 4 aromatic heterocycles. The molecule has 0 bridgehead atoms. The normalized spacial score (nSPS) is 17.2. The van der Waals surface area contributed by atoms with E-state index in [9.17, 15) is 10.5 Å². The summed E-state index contributed by atoms with van der Waals surface area (Å²) in [4.78, 5) is 0. The Kier molecular flexibility index (Phi) is 13.0. The van der Waals surface area contributed by atoms with Crippen molar-refractivity contribution in [3.8, 4) is 34.9 Å². The minimum Gasteiger partial charge on any atom is -0.355 e. The number of aryl methyl sites for hydroxylation is 1. The molecule has 0 amide bonds. The van der Waals surface area contributed by atoms with Crippen LogP contribution in [0, 0.1) is 28.6 Å². The van der Waals surface area contributed by atoms with Crippen molar-refractivity contribution in [1.29, 1.82) is 10.5 Å². The molecule has 0 spiro atoms. The fourth-order valence-corrected chi connectivity index (χ4v) is 16.3. The van der Waals surface area contributed by atoms with Gasteiger partial charge < -0.3 is 23.6 Å². The SMILES string of the molecule is N#Cc1c(-n2c3c(c4cc(Nc5ccccc5C5=CCCC=C5)ccc42)CCC=C3)c(-n2c3c(c4ccccc42)CC(c2ccccc2)C=C3)c(C#N)c(-n2c3ccccc3c3cc(C4=CCCC=C4)ccc32)c1-n1c2c(c3ccccc31)CC(C1=CCCC=C1)C=C2. The molecule has 12 aromatic rings. The van der Waals surface area contributed by atoms with Gasteiger partial charge in [0.25, 0.3) is 0 Å². The Balaban J connectivity index is 1.00. The molecule has 6 aliphatic rings. The standard InChI is InChI=1S/C86H65N7/c87-53-72-83(90-75-37-19-14-32-64(75)68-49-59(41-45-79(68)90)55-23-5-1-6-24-55)84(91-76-38-20-15-33-65(76)69-50-60(42-46-80(69)91)56-25-7-2-8-26-56)73(54-88)86(85(72)92-77-39-21-16-34-66(77)70-51-61(43-47-81(70)92)57-27-9-3-10-28-57)93-78-40-22-17-35-67(78)71-52-62(44-48-82(71)93)89-74-36-18-13-31-63(74)58-29-11-4-12-30-58/h3,5,7,9-11,13-16,18-34,36-49,52,60-61,89H,1-2,4,6,8,12,17,35,50-51H2. The van der Waals surface area contributed by atoms with Crippen LogP contribution in [0.5, 0.6) is 0 Å². The third-order valence-corrected chi connectivity index (χ3v) is 20.5. The van der Waals surface area contributed by atoms with E-state index in [1.54, 1.807) is 0 Å². The predicted octanol–water partition coefficient (Wildman–Crippen LogP) is 21.3. The molecule has 0 saturated heterocycles. The van der Waals surface area contributed by atoms with E-state index in [1.165, 1.54) is 39.0 Å². The van der Waals surface area contributed by atoms with Crippen LogP contribution < -0.4 is 5.32 Å². The van der Waals surface area contributed by atoms with Gasteiger partial charge in [-0.25, -0.2) is 0 Å². The number of aromatic nitrogens is 4. The summed E-state index contributed by atoms with van der Waals surface area (Å²) in [6.07, 6.45) is 44.0. The Bertz CT molecular complexity index is 5570. The molecule has 7 heteroatoms. The average Bonchev–Trinajstić information content (AvgIpc) is 1.60. The van der Waals surface area contributed by atoms with Gasteiger partial charge in [0.05, 0.1) is 50.3 Å². The quantitative estimate of drug-likeness (QED) is 0.148. The van der Waals surface area contributed by atoms with Crippen LogP contribution >= 0.6 is 0 Å². The van der Waals surface area contributed by atoms with Gasteiger partial charge in [-0.05, 0) is 182 Å². The Labute approximate surface area is 541 Å². The highest BCUT2D eigenvalue weighted by atomic mass is 15.1. The topological polar surface area (TPSA) is 79.3 Å². The van der Waals surface area contributed by atoms with Crippen molar-refractivity contribution >= 4 is 95.3 Å². The number of hydrogen-bond acceptors (Lipinski definition) is 3. The summed E-state index contributed by atoms with van der Waals surface area (Å²) < 4.78 is 9.44. The monoisotopic (exact) mass is 1200 g/mol. The van der Waals surface area contributed by atoms with Crippen molar-refractivity contribution in [3.63, 3.8) is 0 Å². The minimum atomic E-state index is 0.130. The van der Waals surface area contributed by atoms with Crippen LogP contribution in [0.4, 0.5) is 11.4 Å². The average molecular weight is 1200 g/mol. The molecule has 0 saturated carbocycles. The summed E-state index contributed by atoms with van der Waals surface area (Å²) in [5, 5.41) is 35.7. The first-order valence-corrected chi connectivity index (χ1v) is 33.2. The van der Waals surface area contributed by atoms with Gasteiger partial charge in [-0.15, -0.1) is 0 Å². The van der Waals surface area contributed by atoms with E-state index < -0.39 is 0 Å². The van der Waals surface area contributed by atoms with Crippen molar-refractivity contribution < 1.29 is 0 Å². The van der Waals surface area contributed by atoms with E-state index in [2.05, 4.69) is 291 Å². The van der Waals surface area contributed by atoms with Crippen LogP contribution in [-0.4, -0.2) is 18.3 Å². The maximum Gasteiger partial charge on any atom is 0.104 e. The fraction of sp³-hybridized carbons (Fsp3) is 0.140. The summed E-state index contributed by atoms with van der Waals surface area (Å²) in [5.74, 6) is 0.308. The number of allylic oxidation sites excluding steroid dienone is 15. The highest BCUT2D eigenvalue weighted by Crippen LogP contribution is 2.51. The molecule has 4 heterocycles. The predicted molar refractivity (Wildman–Crippen MR) is 385 cm³/mol. The van der Waals surface area contributed by atoms with Gasteiger partial charge in [0.1, 0.15) is 23.3 Å². The zero-order valence-electron chi connectivity index (χ0n) is 51.7. The van der Waals surface area contributed by atoms with Gasteiger partial charge >= 0.3 is 0 Å². The molecule has 7 nitrogen and oxygen atoms in total. The lowest BCUT2D eigenvalue weighted by molar-refractivity contribution is 0.750. The number of fused-ring (bicyclic) bond motifs is 12. The van der Waals surface area contributed by atoms with Crippen LogP contribution in [0.1, 0.15) is 112 Å². The van der Waals surface area contributed by atoms with Crippen LogP contribution in [0.2, 0.25) is 0 Å². The van der Waals surface area contributed by atoms with E-state index in [0.717, 1.165) is 158 Å². The number of nitrogens with one attached hydrogen (secondary N) is 1. The van der Waals surface area contributed by atoms with E-state index in [1.807, 2.05) is 0 Å². The van der Waals surface area contributed by atoms with Crippen LogP contribution in [-0.2, 0) is 19.3 Å². The first-order chi connectivity index (χ1) is 46.1. The van der Waals surface area contributed by atoms with Crippen LogP contribution in [0.15, 0.2) is 242 Å². The molecule has 2 atom stereocenters. The third-order valence-electron chi connectivity index (χ3n) is 20.5. The summed E-state index contributed by atoms with van der Waals surface area (Å²) in [5.41, 5.74) is 24.4. The number of anilines is 2. The lowest BCUT2D eigenvalue weighted by Gasteiger charge is -2.29. The smallest absolute Gasteiger partial charge is 0.104 e. The van der Waals surface area contributed by atoms with Crippen molar-refractivity contribution in [3.05, 3.63) is 304 Å². The lowest BCUT2D eigenvalue weighted by atomic mass is 9.84. The second-order valence-electron chi connectivity index (χ2n) is 25.6. The Morgan fingerprint density at radius 2 is 0.914 bits per heavy atom. The first-order valence-electron chi connectivity index (χ1n) is 33.2. The molecule has 8 aromatic carbocycles. The van der Waals surface area contributed by atoms with Gasteiger partial charge in [-0.1, -0.05) is 182 Å². The number of para-hydroxylation sites is 4. The number of nitriles is 2. The minimum absolute atomic E-state index is 0.130. The van der Waals surface area contributed by atoms with E-state index >= 15 is 0 Å². The fourth-order valence-electron chi connectivity index (χ4n) is 16.3. The van der Waals surface area contributed by atoms with Gasteiger partial charge in [-0.3, -0.25) is 0 Å². The van der Waals surface area contributed by atoms with Gasteiger partial charge in [0.15, 0.2) is 0 Å². The number of rotatable bonds is 10. The number of hydrogen-bond donors (Lipinski definition) is 1. The summed E-state index contributed by atoms with van der Waals surface area (Å²) in [6, 6.07) is 65.3.